The quantitative estimate of drug-likeness (QED) is 0.344. The Bertz CT molecular complexity index is 182. The van der Waals surface area contributed by atoms with Gasteiger partial charge < -0.3 is 5.32 Å². The third-order valence-corrected chi connectivity index (χ3v) is 0.940. The lowest BCUT2D eigenvalue weighted by Gasteiger charge is -1.95. The Kier molecular flexibility index (Phi) is 3.87. The summed E-state index contributed by atoms with van der Waals surface area (Å²) in [7, 11) is 1.54. The van der Waals surface area contributed by atoms with E-state index in [2.05, 4.69) is 23.6 Å². The molecule has 0 aliphatic carbocycles. The van der Waals surface area contributed by atoms with Crippen LogP contribution in [0.25, 0.3) is 0 Å². The van der Waals surface area contributed by atoms with Gasteiger partial charge in [-0.05, 0) is 6.72 Å². The van der Waals surface area contributed by atoms with Crippen LogP contribution in [0, 0.1) is 0 Å². The summed E-state index contributed by atoms with van der Waals surface area (Å²) < 4.78 is 0. The first-order valence-electron chi connectivity index (χ1n) is 2.76. The molecule has 0 atom stereocenters. The number of aliphatic imine (C=N–C) groups is 1. The molecule has 54 valence electrons. The maximum absolute atomic E-state index is 10.8. The van der Waals surface area contributed by atoms with Crippen molar-refractivity contribution in [3.8, 4) is 0 Å². The van der Waals surface area contributed by atoms with Crippen molar-refractivity contribution in [2.45, 2.75) is 0 Å². The van der Waals surface area contributed by atoms with E-state index in [0.717, 1.165) is 0 Å². The van der Waals surface area contributed by atoms with Crippen molar-refractivity contribution in [1.29, 1.82) is 0 Å². The summed E-state index contributed by atoms with van der Waals surface area (Å²) in [6.07, 6.45) is 2.78. The highest BCUT2D eigenvalue weighted by atomic mass is 16.1. The van der Waals surface area contributed by atoms with Crippen LogP contribution in [0.15, 0.2) is 29.4 Å². The zero-order chi connectivity index (χ0) is 7.98. The van der Waals surface area contributed by atoms with Gasteiger partial charge in [0.25, 0.3) is 5.91 Å². The highest BCUT2D eigenvalue weighted by Crippen LogP contribution is 1.94. The molecule has 0 heterocycles. The van der Waals surface area contributed by atoms with Crippen molar-refractivity contribution in [1.82, 2.24) is 5.32 Å². The van der Waals surface area contributed by atoms with E-state index < -0.39 is 0 Å². The van der Waals surface area contributed by atoms with Crippen LogP contribution in [0.1, 0.15) is 0 Å². The molecule has 0 aliphatic heterocycles. The van der Waals surface area contributed by atoms with E-state index in [1.54, 1.807) is 7.05 Å². The fourth-order valence-electron chi connectivity index (χ4n) is 0.447. The second kappa shape index (κ2) is 4.49. The zero-order valence-electron chi connectivity index (χ0n) is 5.92. The largest absolute Gasteiger partial charge is 0.355 e. The molecule has 10 heavy (non-hydrogen) atoms. The van der Waals surface area contributed by atoms with Gasteiger partial charge in [-0.25, -0.2) is 0 Å². The van der Waals surface area contributed by atoms with Gasteiger partial charge in [0.15, 0.2) is 0 Å². The molecule has 0 aromatic heterocycles. The highest BCUT2D eigenvalue weighted by Gasteiger charge is 1.99. The summed E-state index contributed by atoms with van der Waals surface area (Å²) in [6, 6.07) is 0. The monoisotopic (exact) mass is 138 g/mol. The second-order valence-corrected chi connectivity index (χ2v) is 1.55. The third kappa shape index (κ3) is 2.26. The molecule has 0 bridgehead atoms. The van der Waals surface area contributed by atoms with E-state index in [0.29, 0.717) is 5.57 Å². The number of rotatable bonds is 3. The molecule has 0 saturated heterocycles. The molecule has 0 fully saturated rings. The minimum atomic E-state index is -0.206. The maximum Gasteiger partial charge on any atom is 0.252 e. The van der Waals surface area contributed by atoms with E-state index in [1.165, 1.54) is 12.3 Å². The molecular formula is C7H10N2O. The van der Waals surface area contributed by atoms with Gasteiger partial charge in [-0.2, -0.15) is 0 Å². The summed E-state index contributed by atoms with van der Waals surface area (Å²) in [6.45, 7) is 6.64. The molecule has 1 amide bonds. The van der Waals surface area contributed by atoms with Gasteiger partial charge in [-0.3, -0.25) is 9.79 Å². The predicted octanol–water partition coefficient (Wildman–Crippen LogP) is 0.503. The Labute approximate surface area is 60.2 Å². The van der Waals surface area contributed by atoms with E-state index in [-0.39, 0.29) is 5.91 Å². The fourth-order valence-corrected chi connectivity index (χ4v) is 0.447. The molecule has 0 spiro atoms. The maximum atomic E-state index is 10.8. The number of hydrogen-bond acceptors (Lipinski definition) is 2. The van der Waals surface area contributed by atoms with Crippen molar-refractivity contribution >= 4 is 12.6 Å². The van der Waals surface area contributed by atoms with Crippen LogP contribution in [0.5, 0.6) is 0 Å². The number of nitrogens with one attached hydrogen (secondary N) is 1. The first-order valence-corrected chi connectivity index (χ1v) is 2.76. The molecule has 0 saturated carbocycles. The van der Waals surface area contributed by atoms with Crippen molar-refractivity contribution in [2.75, 3.05) is 7.05 Å². The third-order valence-electron chi connectivity index (χ3n) is 0.940. The standard InChI is InChI=1S/C7H10N2O/c1-4-6(5-8-2)7(10)9-3/h4-5H,1-2H2,3H3,(H,9,10)/b6-5+. The average molecular weight is 138 g/mol. The molecule has 0 aliphatic rings. The molecule has 0 rings (SSSR count). The van der Waals surface area contributed by atoms with Crippen LogP contribution in [0.4, 0.5) is 0 Å². The number of nitrogens with zero attached hydrogens (tertiary/aromatic N) is 1. The Morgan fingerprint density at radius 2 is 2.30 bits per heavy atom. The molecule has 0 radical (unpaired) electrons. The minimum absolute atomic E-state index is 0.206. The van der Waals surface area contributed by atoms with Gasteiger partial charge in [-0.1, -0.05) is 12.7 Å². The van der Waals surface area contributed by atoms with Crippen LogP contribution in [-0.4, -0.2) is 19.7 Å². The normalized spacial score (nSPS) is 10.3. The van der Waals surface area contributed by atoms with E-state index in [1.807, 2.05) is 0 Å². The van der Waals surface area contributed by atoms with Gasteiger partial charge in [0.05, 0.1) is 5.57 Å². The lowest BCUT2D eigenvalue weighted by Crippen LogP contribution is -2.18. The summed E-state index contributed by atoms with van der Waals surface area (Å²) in [5.41, 5.74) is 0.414. The topological polar surface area (TPSA) is 41.5 Å². The molecule has 0 aromatic carbocycles. The first-order chi connectivity index (χ1) is 4.76. The van der Waals surface area contributed by atoms with Crippen molar-refractivity contribution in [3.63, 3.8) is 0 Å². The van der Waals surface area contributed by atoms with Crippen LogP contribution in [-0.2, 0) is 4.79 Å². The van der Waals surface area contributed by atoms with E-state index in [4.69, 9.17) is 0 Å². The Balaban J connectivity index is 4.34. The SMILES string of the molecule is C=C/C(=C\N=C)C(=O)NC. The van der Waals surface area contributed by atoms with Crippen molar-refractivity contribution < 1.29 is 4.79 Å². The van der Waals surface area contributed by atoms with Gasteiger partial charge >= 0.3 is 0 Å². The van der Waals surface area contributed by atoms with E-state index in [9.17, 15) is 4.79 Å². The summed E-state index contributed by atoms with van der Waals surface area (Å²) in [5, 5.41) is 2.43. The second-order valence-electron chi connectivity index (χ2n) is 1.55. The summed E-state index contributed by atoms with van der Waals surface area (Å²) in [5.74, 6) is -0.206. The Hall–Kier alpha value is -1.38. The van der Waals surface area contributed by atoms with Gasteiger partial charge in [0, 0.05) is 13.2 Å². The van der Waals surface area contributed by atoms with Crippen LogP contribution >= 0.6 is 0 Å². The van der Waals surface area contributed by atoms with Crippen LogP contribution in [0.3, 0.4) is 0 Å². The molecule has 1 N–H and O–H groups in total. The predicted molar refractivity (Wildman–Crippen MR) is 41.9 cm³/mol. The number of carbonyl (C=O) groups is 1. The molecule has 3 nitrogen and oxygen atoms in total. The molecular weight excluding hydrogens is 128 g/mol. The smallest absolute Gasteiger partial charge is 0.252 e. The molecule has 3 heteroatoms. The number of amides is 1. The van der Waals surface area contributed by atoms with Gasteiger partial charge in [0.2, 0.25) is 0 Å². The lowest BCUT2D eigenvalue weighted by molar-refractivity contribution is -0.116. The average Bonchev–Trinajstić information content (AvgIpc) is 1.99. The number of hydrogen-bond donors (Lipinski definition) is 1. The zero-order valence-corrected chi connectivity index (χ0v) is 5.92. The Morgan fingerprint density at radius 1 is 1.70 bits per heavy atom. The Morgan fingerprint density at radius 3 is 2.60 bits per heavy atom. The van der Waals surface area contributed by atoms with Gasteiger partial charge in [-0.15, -0.1) is 0 Å². The number of carbonyl (C=O) groups excluding carboxylic acids is 1. The molecule has 0 aromatic rings. The summed E-state index contributed by atoms with van der Waals surface area (Å²) >= 11 is 0. The van der Waals surface area contributed by atoms with Crippen molar-refractivity contribution in [2.24, 2.45) is 4.99 Å². The van der Waals surface area contributed by atoms with Crippen molar-refractivity contribution in [3.05, 3.63) is 24.4 Å². The first kappa shape index (κ1) is 8.62. The van der Waals surface area contributed by atoms with E-state index >= 15 is 0 Å². The van der Waals surface area contributed by atoms with Crippen LogP contribution in [0.2, 0.25) is 0 Å². The van der Waals surface area contributed by atoms with Gasteiger partial charge in [0.1, 0.15) is 0 Å². The highest BCUT2D eigenvalue weighted by molar-refractivity contribution is 5.95. The molecule has 0 unspecified atom stereocenters. The van der Waals surface area contributed by atoms with Crippen LogP contribution < -0.4 is 5.32 Å². The summed E-state index contributed by atoms with van der Waals surface area (Å²) in [4.78, 5) is 14.2. The minimum Gasteiger partial charge on any atom is -0.355 e. The lowest BCUT2D eigenvalue weighted by atomic mass is 10.3. The number of likely N-dealkylation sites (N-methyl/N-ethyl adjacent to an activating group) is 1. The fraction of sp³-hybridized carbons (Fsp3) is 0.143.